The summed E-state index contributed by atoms with van der Waals surface area (Å²) in [5.41, 5.74) is 5.39. The van der Waals surface area contributed by atoms with Gasteiger partial charge < -0.3 is 18.6 Å². The van der Waals surface area contributed by atoms with Crippen LogP contribution in [0.25, 0.3) is 0 Å². The minimum absolute atomic E-state index is 0. The summed E-state index contributed by atoms with van der Waals surface area (Å²) in [7, 11) is 1.55. The van der Waals surface area contributed by atoms with Crippen molar-refractivity contribution < 1.29 is 23.0 Å². The molecule has 0 fully saturated rings. The molecule has 1 aliphatic rings. The molecular weight excluding hydrogens is 732 g/mol. The number of alkyl halides is 1. The topological polar surface area (TPSA) is 40.8 Å². The second-order valence-corrected chi connectivity index (χ2v) is 18.2. The van der Waals surface area contributed by atoms with Crippen molar-refractivity contribution in [2.75, 3.05) is 13.7 Å². The monoisotopic (exact) mass is 825 g/mol. The first-order valence-electron chi connectivity index (χ1n) is 22.1. The average molecular weight is 825 g/mol. The molecule has 5 heteroatoms. The molecule has 2 aromatic carbocycles. The van der Waals surface area contributed by atoms with Crippen LogP contribution in [-0.4, -0.2) is 26.2 Å². The number of hydrogen-bond acceptors (Lipinski definition) is 4. The number of rotatable bonds is 13. The van der Waals surface area contributed by atoms with Gasteiger partial charge in [0.25, 0.3) is 0 Å². The second kappa shape index (κ2) is 34.4. The van der Waals surface area contributed by atoms with Gasteiger partial charge in [-0.1, -0.05) is 172 Å². The Labute approximate surface area is 365 Å². The van der Waals surface area contributed by atoms with Crippen LogP contribution in [0.2, 0.25) is 0 Å². The molecule has 0 saturated heterocycles. The molecule has 4 nitrogen and oxygen atoms in total. The lowest BCUT2D eigenvalue weighted by atomic mass is 10.0. The SMILES string of the molecule is C.CC(C)C1=CCC=C1.CC(C)CC(C)C.CC(C)COC(C)C(C)C.CC(C)c1ccco1.COc1cc(C(C)C)ccc1OC(C)F.Cc1ccc(C(C)C)cc1. The van der Waals surface area contributed by atoms with E-state index in [1.165, 1.54) is 30.0 Å². The Balaban J connectivity index is -0.000000648. The molecule has 2 unspecified atom stereocenters. The molecule has 0 saturated carbocycles. The van der Waals surface area contributed by atoms with Crippen molar-refractivity contribution in [2.45, 2.75) is 182 Å². The van der Waals surface area contributed by atoms with Crippen LogP contribution >= 0.6 is 0 Å². The molecule has 4 rings (SSSR count). The highest BCUT2D eigenvalue weighted by atomic mass is 19.1. The molecule has 1 aliphatic carbocycles. The average Bonchev–Trinajstić information content (AvgIpc) is 3.88. The minimum atomic E-state index is -1.33. The van der Waals surface area contributed by atoms with E-state index >= 15 is 0 Å². The van der Waals surface area contributed by atoms with Crippen LogP contribution in [0, 0.1) is 36.5 Å². The van der Waals surface area contributed by atoms with E-state index < -0.39 is 6.36 Å². The lowest BCUT2D eigenvalue weighted by molar-refractivity contribution is 0.0199. The van der Waals surface area contributed by atoms with Gasteiger partial charge >= 0.3 is 0 Å². The molecular formula is C54H93FO4. The summed E-state index contributed by atoms with van der Waals surface area (Å²) in [6.07, 6.45) is 9.99. The zero-order valence-corrected chi connectivity index (χ0v) is 40.9. The summed E-state index contributed by atoms with van der Waals surface area (Å²) in [6, 6.07) is 18.2. The maximum atomic E-state index is 12.7. The number of benzene rings is 2. The highest BCUT2D eigenvalue weighted by Gasteiger charge is 2.10. The van der Waals surface area contributed by atoms with Gasteiger partial charge in [-0.15, -0.1) is 0 Å². The standard InChI is InChI=1S/C12H17FO2.C10H14.C9H20O.C8H12.C7H10O.C7H16.CH4/c1-8(2)10-5-6-11(15-9(3)13)12(7-10)14-4;1-8(2)10-6-4-9(3)5-7-10;1-7(2)6-10-9(5)8(3)4;1-7(2)8-5-3-4-6-8;1-6(2)7-4-3-5-8-7;1-6(2)5-7(3)4;/h5-9H,1-4H3;4-8H,1-3H3;7-9H,6H2,1-5H3;3,5-7H,4H2,1-2H3;3-6H,1-2H3;6-7H,5H2,1-4H3;1H4. The zero-order chi connectivity index (χ0) is 45.0. The molecule has 1 aromatic heterocycles. The first kappa shape index (κ1) is 60.0. The van der Waals surface area contributed by atoms with Crippen LogP contribution in [0.1, 0.15) is 185 Å². The third-order valence-corrected chi connectivity index (χ3v) is 9.04. The third-order valence-electron chi connectivity index (χ3n) is 9.04. The molecule has 0 bridgehead atoms. The van der Waals surface area contributed by atoms with Gasteiger partial charge in [0, 0.05) is 19.4 Å². The van der Waals surface area contributed by atoms with E-state index in [1.807, 2.05) is 24.3 Å². The molecule has 0 spiro atoms. The Morgan fingerprint density at radius 1 is 0.644 bits per heavy atom. The molecule has 1 heterocycles. The maximum absolute atomic E-state index is 12.7. The van der Waals surface area contributed by atoms with Crippen molar-refractivity contribution in [1.29, 1.82) is 0 Å². The van der Waals surface area contributed by atoms with Gasteiger partial charge in [-0.25, -0.2) is 4.39 Å². The molecule has 340 valence electrons. The smallest absolute Gasteiger partial charge is 0.236 e. The van der Waals surface area contributed by atoms with Crippen LogP contribution in [0.15, 0.2) is 89.1 Å². The normalized spacial score (nSPS) is 12.6. The predicted octanol–water partition coefficient (Wildman–Crippen LogP) is 17.6. The van der Waals surface area contributed by atoms with Gasteiger partial charge in [-0.2, -0.15) is 0 Å². The summed E-state index contributed by atoms with van der Waals surface area (Å²) in [6.45, 7) is 41.5. The van der Waals surface area contributed by atoms with Gasteiger partial charge in [-0.3, -0.25) is 0 Å². The fourth-order valence-corrected chi connectivity index (χ4v) is 5.27. The second-order valence-electron chi connectivity index (χ2n) is 18.2. The fourth-order valence-electron chi connectivity index (χ4n) is 5.27. The van der Waals surface area contributed by atoms with Crippen LogP contribution in [0.4, 0.5) is 4.39 Å². The van der Waals surface area contributed by atoms with Crippen molar-refractivity contribution in [3.8, 4) is 11.5 Å². The Morgan fingerprint density at radius 3 is 1.49 bits per heavy atom. The largest absolute Gasteiger partial charge is 0.493 e. The first-order chi connectivity index (χ1) is 27.0. The van der Waals surface area contributed by atoms with E-state index in [1.54, 1.807) is 19.4 Å². The van der Waals surface area contributed by atoms with Crippen LogP contribution in [0.3, 0.4) is 0 Å². The van der Waals surface area contributed by atoms with Crippen LogP contribution in [0.5, 0.6) is 11.5 Å². The molecule has 0 N–H and O–H groups in total. The Morgan fingerprint density at radius 2 is 1.19 bits per heavy atom. The summed E-state index contributed by atoms with van der Waals surface area (Å²) >= 11 is 0. The van der Waals surface area contributed by atoms with E-state index in [2.05, 4.69) is 167 Å². The van der Waals surface area contributed by atoms with E-state index in [0.717, 1.165) is 36.2 Å². The number of allylic oxidation sites excluding steroid dienone is 4. The minimum Gasteiger partial charge on any atom is -0.493 e. The van der Waals surface area contributed by atoms with Crippen molar-refractivity contribution in [2.24, 2.45) is 29.6 Å². The summed E-state index contributed by atoms with van der Waals surface area (Å²) < 4.78 is 33.5. The van der Waals surface area contributed by atoms with Crippen molar-refractivity contribution in [1.82, 2.24) is 0 Å². The van der Waals surface area contributed by atoms with Gasteiger partial charge in [0.1, 0.15) is 5.76 Å². The number of hydrogen-bond donors (Lipinski definition) is 0. The van der Waals surface area contributed by atoms with Crippen molar-refractivity contribution in [3.63, 3.8) is 0 Å². The lowest BCUT2D eigenvalue weighted by Gasteiger charge is -2.17. The molecule has 0 aliphatic heterocycles. The molecule has 0 radical (unpaired) electrons. The maximum Gasteiger partial charge on any atom is 0.236 e. The fraction of sp³-hybridized carbons (Fsp3) is 0.630. The quantitative estimate of drug-likeness (QED) is 0.172. The third kappa shape index (κ3) is 32.2. The molecule has 2 atom stereocenters. The highest BCUT2D eigenvalue weighted by molar-refractivity contribution is 5.43. The van der Waals surface area contributed by atoms with E-state index in [9.17, 15) is 4.39 Å². The Kier molecular flexibility index (Phi) is 35.0. The van der Waals surface area contributed by atoms with E-state index in [0.29, 0.717) is 53.1 Å². The van der Waals surface area contributed by atoms with Gasteiger partial charge in [0.15, 0.2) is 11.5 Å². The number of furan rings is 1. The van der Waals surface area contributed by atoms with Crippen molar-refractivity contribution >= 4 is 0 Å². The van der Waals surface area contributed by atoms with Gasteiger partial charge in [0.05, 0.1) is 19.5 Å². The Bertz CT molecular complexity index is 1440. The van der Waals surface area contributed by atoms with Gasteiger partial charge in [0.2, 0.25) is 6.36 Å². The van der Waals surface area contributed by atoms with Crippen LogP contribution < -0.4 is 9.47 Å². The zero-order valence-electron chi connectivity index (χ0n) is 40.9. The molecule has 59 heavy (non-hydrogen) atoms. The summed E-state index contributed by atoms with van der Waals surface area (Å²) in [5.74, 6) is 7.42. The summed E-state index contributed by atoms with van der Waals surface area (Å²) in [5, 5.41) is 0. The molecule has 3 aromatic rings. The van der Waals surface area contributed by atoms with Gasteiger partial charge in [-0.05, 0) is 109 Å². The number of halogens is 1. The number of aryl methyl sites for hydroxylation is 1. The van der Waals surface area contributed by atoms with E-state index in [-0.39, 0.29) is 7.43 Å². The van der Waals surface area contributed by atoms with Crippen molar-refractivity contribution in [3.05, 3.63) is 107 Å². The lowest BCUT2D eigenvalue weighted by Crippen LogP contribution is -2.18. The van der Waals surface area contributed by atoms with E-state index in [4.69, 9.17) is 18.6 Å². The molecule has 0 amide bonds. The van der Waals surface area contributed by atoms with Crippen LogP contribution in [-0.2, 0) is 4.74 Å². The highest BCUT2D eigenvalue weighted by Crippen LogP contribution is 2.31. The predicted molar refractivity (Wildman–Crippen MR) is 259 cm³/mol. The number of methoxy groups -OCH3 is 1. The number of ether oxygens (including phenoxy) is 3. The summed E-state index contributed by atoms with van der Waals surface area (Å²) in [4.78, 5) is 0. The first-order valence-corrected chi connectivity index (χ1v) is 22.1. The Hall–Kier alpha value is -3.31.